The fourth-order valence-electron chi connectivity index (χ4n) is 1.51. The molecule has 0 fully saturated rings. The van der Waals surface area contributed by atoms with Crippen molar-refractivity contribution in [2.45, 2.75) is 12.7 Å². The van der Waals surface area contributed by atoms with Gasteiger partial charge in [0.15, 0.2) is 0 Å². The van der Waals surface area contributed by atoms with Crippen LogP contribution in [0.15, 0.2) is 24.4 Å². The summed E-state index contributed by atoms with van der Waals surface area (Å²) in [5.74, 6) is -0.876. The lowest BCUT2D eigenvalue weighted by atomic mass is 10.2. The van der Waals surface area contributed by atoms with Gasteiger partial charge in [0.25, 0.3) is 0 Å². The molecule has 0 saturated heterocycles. The quantitative estimate of drug-likeness (QED) is 0.911. The average molecular weight is 304 g/mol. The average Bonchev–Trinajstić information content (AvgIpc) is 2.68. The summed E-state index contributed by atoms with van der Waals surface area (Å²) in [5.41, 5.74) is 1.40. The van der Waals surface area contributed by atoms with Crippen molar-refractivity contribution in [1.29, 1.82) is 0 Å². The summed E-state index contributed by atoms with van der Waals surface area (Å²) in [6, 6.07) is 3.80. The van der Waals surface area contributed by atoms with E-state index < -0.39 is 15.8 Å². The number of nitrogens with zero attached hydrogens (tertiary/aromatic N) is 1. The number of halogens is 2. The van der Waals surface area contributed by atoms with Crippen LogP contribution >= 0.6 is 11.6 Å². The first-order chi connectivity index (χ1) is 8.87. The van der Waals surface area contributed by atoms with Gasteiger partial charge in [0.2, 0.25) is 10.0 Å². The number of hydrogen-bond acceptors (Lipinski definition) is 3. The Morgan fingerprint density at radius 3 is 2.79 bits per heavy atom. The highest BCUT2D eigenvalue weighted by molar-refractivity contribution is 7.91. The molecule has 2 aromatic rings. The van der Waals surface area contributed by atoms with Crippen molar-refractivity contribution >= 4 is 27.3 Å². The Hall–Kier alpha value is -1.60. The molecule has 2 rings (SSSR count). The second kappa shape index (κ2) is 5.18. The van der Waals surface area contributed by atoms with Crippen molar-refractivity contribution in [1.82, 2.24) is 10.2 Å². The van der Waals surface area contributed by atoms with Crippen LogP contribution in [-0.2, 0) is 15.8 Å². The lowest BCUT2D eigenvalue weighted by Gasteiger charge is -2.07. The first kappa shape index (κ1) is 13.8. The molecule has 0 aliphatic heterocycles. The zero-order chi connectivity index (χ0) is 14.0. The van der Waals surface area contributed by atoms with Gasteiger partial charge in [0, 0.05) is 0 Å². The summed E-state index contributed by atoms with van der Waals surface area (Å²) in [4.78, 5) is 0. The number of nitrogens with one attached hydrogen (secondary N) is 2. The SMILES string of the molecule is Cc1[nH]ncc1NS(=O)(=O)Cc1ccc(F)c(Cl)c1. The van der Waals surface area contributed by atoms with Crippen LogP contribution in [0.3, 0.4) is 0 Å². The van der Waals surface area contributed by atoms with Gasteiger partial charge in [-0.3, -0.25) is 9.82 Å². The van der Waals surface area contributed by atoms with Gasteiger partial charge < -0.3 is 0 Å². The predicted molar refractivity (Wildman–Crippen MR) is 71.0 cm³/mol. The normalized spacial score (nSPS) is 11.5. The van der Waals surface area contributed by atoms with E-state index >= 15 is 0 Å². The summed E-state index contributed by atoms with van der Waals surface area (Å²) < 4.78 is 39.2. The van der Waals surface area contributed by atoms with E-state index in [2.05, 4.69) is 14.9 Å². The molecule has 8 heteroatoms. The zero-order valence-corrected chi connectivity index (χ0v) is 11.5. The molecule has 19 heavy (non-hydrogen) atoms. The fraction of sp³-hybridized carbons (Fsp3) is 0.182. The van der Waals surface area contributed by atoms with Gasteiger partial charge in [-0.05, 0) is 24.6 Å². The van der Waals surface area contributed by atoms with Crippen molar-refractivity contribution in [3.8, 4) is 0 Å². The fourth-order valence-corrected chi connectivity index (χ4v) is 2.94. The number of hydrogen-bond donors (Lipinski definition) is 2. The molecule has 0 aliphatic rings. The maximum atomic E-state index is 13.0. The van der Waals surface area contributed by atoms with E-state index in [0.717, 1.165) is 6.07 Å². The smallest absolute Gasteiger partial charge is 0.237 e. The molecule has 0 saturated carbocycles. The first-order valence-electron chi connectivity index (χ1n) is 5.32. The Bertz CT molecular complexity index is 700. The molecule has 1 aromatic heterocycles. The Morgan fingerprint density at radius 2 is 2.21 bits per heavy atom. The van der Waals surface area contributed by atoms with Crippen molar-refractivity contribution in [2.75, 3.05) is 4.72 Å². The molecule has 0 spiro atoms. The molecular weight excluding hydrogens is 293 g/mol. The number of rotatable bonds is 4. The van der Waals surface area contributed by atoms with Crippen LogP contribution in [0.1, 0.15) is 11.3 Å². The van der Waals surface area contributed by atoms with Gasteiger partial charge in [-0.25, -0.2) is 12.8 Å². The Kier molecular flexibility index (Phi) is 3.77. The van der Waals surface area contributed by atoms with Crippen LogP contribution in [0.25, 0.3) is 0 Å². The highest BCUT2D eigenvalue weighted by atomic mass is 35.5. The summed E-state index contributed by atoms with van der Waals surface area (Å²) in [7, 11) is -3.60. The van der Waals surface area contributed by atoms with Gasteiger partial charge in [0.05, 0.1) is 28.4 Å². The molecule has 0 atom stereocenters. The van der Waals surface area contributed by atoms with E-state index in [1.807, 2.05) is 0 Å². The molecule has 0 unspecified atom stereocenters. The molecule has 0 amide bonds. The van der Waals surface area contributed by atoms with Crippen molar-refractivity contribution in [3.05, 3.63) is 46.5 Å². The highest BCUT2D eigenvalue weighted by Crippen LogP contribution is 2.19. The van der Waals surface area contributed by atoms with E-state index in [1.165, 1.54) is 18.3 Å². The minimum absolute atomic E-state index is 0.104. The maximum Gasteiger partial charge on any atom is 0.237 e. The second-order valence-electron chi connectivity index (χ2n) is 4.02. The van der Waals surface area contributed by atoms with E-state index in [4.69, 9.17) is 11.6 Å². The van der Waals surface area contributed by atoms with Gasteiger partial charge in [-0.15, -0.1) is 0 Å². The summed E-state index contributed by atoms with van der Waals surface area (Å²) in [6.45, 7) is 1.69. The third-order valence-corrected chi connectivity index (χ3v) is 3.97. The molecule has 1 heterocycles. The molecular formula is C11H11ClFN3O2S. The lowest BCUT2D eigenvalue weighted by molar-refractivity contribution is 0.600. The van der Waals surface area contributed by atoms with Gasteiger partial charge in [0.1, 0.15) is 5.82 Å². The highest BCUT2D eigenvalue weighted by Gasteiger charge is 2.14. The van der Waals surface area contributed by atoms with Crippen LogP contribution < -0.4 is 4.72 Å². The van der Waals surface area contributed by atoms with Crippen molar-refractivity contribution in [3.63, 3.8) is 0 Å². The standard InChI is InChI=1S/C11H11ClFN3O2S/c1-7-11(5-14-15-7)16-19(17,18)6-8-2-3-10(13)9(12)4-8/h2-5,16H,6H2,1H3,(H,14,15). The Labute approximate surface area is 114 Å². The largest absolute Gasteiger partial charge is 0.281 e. The maximum absolute atomic E-state index is 13.0. The van der Waals surface area contributed by atoms with Gasteiger partial charge >= 0.3 is 0 Å². The number of anilines is 1. The van der Waals surface area contributed by atoms with Crippen molar-refractivity contribution < 1.29 is 12.8 Å². The molecule has 102 valence electrons. The third kappa shape index (κ3) is 3.45. The monoisotopic (exact) mass is 303 g/mol. The summed E-state index contributed by atoms with van der Waals surface area (Å²) in [6.07, 6.45) is 1.38. The lowest BCUT2D eigenvalue weighted by Crippen LogP contribution is -2.15. The molecule has 0 radical (unpaired) electrons. The molecule has 2 N–H and O–H groups in total. The zero-order valence-electron chi connectivity index (χ0n) is 9.94. The number of benzene rings is 1. The Morgan fingerprint density at radius 1 is 1.47 bits per heavy atom. The third-order valence-electron chi connectivity index (χ3n) is 2.44. The number of sulfonamides is 1. The Balaban J connectivity index is 2.17. The van der Waals surface area contributed by atoms with Crippen LogP contribution in [0.4, 0.5) is 10.1 Å². The van der Waals surface area contributed by atoms with E-state index in [0.29, 0.717) is 16.9 Å². The van der Waals surface area contributed by atoms with Gasteiger partial charge in [-0.1, -0.05) is 17.7 Å². The van der Waals surface area contributed by atoms with Crippen LogP contribution in [-0.4, -0.2) is 18.6 Å². The van der Waals surface area contributed by atoms with Crippen LogP contribution in [0.5, 0.6) is 0 Å². The topological polar surface area (TPSA) is 74.8 Å². The second-order valence-corrected chi connectivity index (χ2v) is 6.15. The van der Waals surface area contributed by atoms with Crippen LogP contribution in [0.2, 0.25) is 5.02 Å². The molecule has 5 nitrogen and oxygen atoms in total. The van der Waals surface area contributed by atoms with E-state index in [-0.39, 0.29) is 10.8 Å². The predicted octanol–water partition coefficient (Wildman–Crippen LogP) is 2.45. The number of aryl methyl sites for hydroxylation is 1. The minimum atomic E-state index is -3.60. The number of aromatic amines is 1. The van der Waals surface area contributed by atoms with E-state index in [1.54, 1.807) is 6.92 Å². The number of aromatic nitrogens is 2. The van der Waals surface area contributed by atoms with Gasteiger partial charge in [-0.2, -0.15) is 5.10 Å². The van der Waals surface area contributed by atoms with Crippen LogP contribution in [0, 0.1) is 12.7 Å². The first-order valence-corrected chi connectivity index (χ1v) is 7.35. The number of H-pyrrole nitrogens is 1. The minimum Gasteiger partial charge on any atom is -0.281 e. The summed E-state index contributed by atoms with van der Waals surface area (Å²) >= 11 is 5.61. The molecule has 1 aromatic carbocycles. The molecule has 0 bridgehead atoms. The molecule has 0 aliphatic carbocycles. The van der Waals surface area contributed by atoms with E-state index in [9.17, 15) is 12.8 Å². The van der Waals surface area contributed by atoms with Crippen molar-refractivity contribution in [2.24, 2.45) is 0 Å². The summed E-state index contributed by atoms with van der Waals surface area (Å²) in [5, 5.41) is 6.24.